The van der Waals surface area contributed by atoms with Crippen LogP contribution in [0.2, 0.25) is 10.3 Å². The van der Waals surface area contributed by atoms with E-state index in [4.69, 9.17) is 23.2 Å². The fourth-order valence-corrected chi connectivity index (χ4v) is 2.00. The molecule has 0 atom stereocenters. The van der Waals surface area contributed by atoms with Gasteiger partial charge in [-0.3, -0.25) is 0 Å². The predicted octanol–water partition coefficient (Wildman–Crippen LogP) is 2.88. The molecule has 0 saturated heterocycles. The van der Waals surface area contributed by atoms with Gasteiger partial charge in [0.1, 0.15) is 0 Å². The van der Waals surface area contributed by atoms with Crippen molar-refractivity contribution in [2.24, 2.45) is 0 Å². The summed E-state index contributed by atoms with van der Waals surface area (Å²) in [7, 11) is 5.58. The van der Waals surface area contributed by atoms with E-state index in [9.17, 15) is 0 Å². The Morgan fingerprint density at radius 3 is 2.25 bits per heavy atom. The lowest BCUT2D eigenvalue weighted by atomic mass is 10.2. The van der Waals surface area contributed by atoms with E-state index in [0.717, 1.165) is 5.56 Å². The summed E-state index contributed by atoms with van der Waals surface area (Å²) in [5, 5.41) is 0.886. The van der Waals surface area contributed by atoms with E-state index in [1.54, 1.807) is 4.90 Å². The number of halogens is 2. The van der Waals surface area contributed by atoms with Crippen LogP contribution in [0.1, 0.15) is 5.56 Å². The van der Waals surface area contributed by atoms with E-state index in [2.05, 4.69) is 15.0 Å². The zero-order chi connectivity index (χ0) is 14.7. The monoisotopic (exact) mass is 311 g/mol. The van der Waals surface area contributed by atoms with Crippen molar-refractivity contribution < 1.29 is 0 Å². The summed E-state index contributed by atoms with van der Waals surface area (Å²) in [4.78, 5) is 16.2. The Labute approximate surface area is 128 Å². The molecule has 0 aliphatic heterocycles. The van der Waals surface area contributed by atoms with Crippen LogP contribution >= 0.6 is 23.2 Å². The fourth-order valence-electron chi connectivity index (χ4n) is 1.65. The van der Waals surface area contributed by atoms with Crippen LogP contribution in [0, 0.1) is 0 Å². The summed E-state index contributed by atoms with van der Waals surface area (Å²) in [6.07, 6.45) is 0. The van der Waals surface area contributed by atoms with Crippen LogP contribution in [0.3, 0.4) is 0 Å². The lowest BCUT2D eigenvalue weighted by Gasteiger charge is -2.19. The maximum absolute atomic E-state index is 6.15. The number of rotatable bonds is 4. The van der Waals surface area contributed by atoms with E-state index in [0.29, 0.717) is 23.5 Å². The lowest BCUT2D eigenvalue weighted by molar-refractivity contribution is 0.842. The van der Waals surface area contributed by atoms with Gasteiger partial charge >= 0.3 is 0 Å². The highest BCUT2D eigenvalue weighted by Gasteiger charge is 2.12. The highest BCUT2D eigenvalue weighted by Crippen LogP contribution is 2.20. The van der Waals surface area contributed by atoms with Gasteiger partial charge in [-0.05, 0) is 23.2 Å². The van der Waals surface area contributed by atoms with Gasteiger partial charge in [0.05, 0.1) is 0 Å². The Balaban J connectivity index is 2.25. The van der Waals surface area contributed by atoms with E-state index < -0.39 is 0 Å². The maximum Gasteiger partial charge on any atom is 0.231 e. The highest BCUT2D eigenvalue weighted by atomic mass is 35.5. The van der Waals surface area contributed by atoms with Crippen molar-refractivity contribution >= 4 is 35.1 Å². The summed E-state index contributed by atoms with van der Waals surface area (Å²) in [5.41, 5.74) is 1.000. The van der Waals surface area contributed by atoms with Crippen LogP contribution in [0.5, 0.6) is 0 Å². The van der Waals surface area contributed by atoms with Crippen LogP contribution < -0.4 is 9.80 Å². The van der Waals surface area contributed by atoms with Crippen molar-refractivity contribution in [2.75, 3.05) is 30.9 Å². The first-order chi connectivity index (χ1) is 9.47. The Hall–Kier alpha value is -1.59. The van der Waals surface area contributed by atoms with Gasteiger partial charge < -0.3 is 9.80 Å². The van der Waals surface area contributed by atoms with Gasteiger partial charge in [0.25, 0.3) is 0 Å². The molecule has 20 heavy (non-hydrogen) atoms. The molecule has 0 unspecified atom stereocenters. The molecule has 0 bridgehead atoms. The summed E-state index contributed by atoms with van der Waals surface area (Å²) in [5.74, 6) is 1.03. The van der Waals surface area contributed by atoms with Crippen LogP contribution in [-0.2, 0) is 6.54 Å². The number of nitrogens with zero attached hydrogens (tertiary/aromatic N) is 5. The number of aromatic nitrogens is 3. The zero-order valence-electron chi connectivity index (χ0n) is 11.5. The molecule has 0 aliphatic rings. The molecule has 1 aromatic carbocycles. The molecule has 0 aliphatic carbocycles. The first kappa shape index (κ1) is 14.8. The second-order valence-corrected chi connectivity index (χ2v) is 5.29. The number of hydrogen-bond acceptors (Lipinski definition) is 5. The van der Waals surface area contributed by atoms with Gasteiger partial charge in [-0.1, -0.05) is 29.8 Å². The smallest absolute Gasteiger partial charge is 0.231 e. The maximum atomic E-state index is 6.15. The average Bonchev–Trinajstić information content (AvgIpc) is 2.40. The third kappa shape index (κ3) is 3.49. The van der Waals surface area contributed by atoms with Gasteiger partial charge in [0, 0.05) is 32.7 Å². The summed E-state index contributed by atoms with van der Waals surface area (Å²) >= 11 is 12.1. The Bertz CT molecular complexity index is 603. The van der Waals surface area contributed by atoms with Crippen molar-refractivity contribution in [2.45, 2.75) is 6.54 Å². The molecule has 106 valence electrons. The van der Waals surface area contributed by atoms with Crippen LogP contribution in [0.15, 0.2) is 24.3 Å². The first-order valence-corrected chi connectivity index (χ1v) is 6.76. The molecule has 2 aromatic rings. The SMILES string of the molecule is CN(C)c1nc(Cl)nc(N(C)Cc2ccccc2Cl)n1. The minimum Gasteiger partial charge on any atom is -0.347 e. The first-order valence-electron chi connectivity index (χ1n) is 6.01. The second-order valence-electron chi connectivity index (χ2n) is 4.55. The van der Waals surface area contributed by atoms with Gasteiger partial charge in [-0.15, -0.1) is 0 Å². The molecule has 0 N–H and O–H groups in total. The van der Waals surface area contributed by atoms with E-state index in [1.165, 1.54) is 0 Å². The normalized spacial score (nSPS) is 10.4. The molecule has 5 nitrogen and oxygen atoms in total. The van der Waals surface area contributed by atoms with E-state index >= 15 is 0 Å². The molecule has 7 heteroatoms. The van der Waals surface area contributed by atoms with Crippen molar-refractivity contribution in [3.63, 3.8) is 0 Å². The molecule has 0 spiro atoms. The fraction of sp³-hybridized carbons (Fsp3) is 0.308. The quantitative estimate of drug-likeness (QED) is 0.868. The minimum atomic E-state index is 0.171. The van der Waals surface area contributed by atoms with Crippen LogP contribution in [-0.4, -0.2) is 36.1 Å². The van der Waals surface area contributed by atoms with Gasteiger partial charge in [-0.25, -0.2) is 0 Å². The lowest BCUT2D eigenvalue weighted by Crippen LogP contribution is -2.22. The zero-order valence-corrected chi connectivity index (χ0v) is 13.0. The average molecular weight is 312 g/mol. The van der Waals surface area contributed by atoms with Crippen LogP contribution in [0.25, 0.3) is 0 Å². The number of benzene rings is 1. The summed E-state index contributed by atoms with van der Waals surface area (Å²) < 4.78 is 0. The van der Waals surface area contributed by atoms with Gasteiger partial charge in [0.2, 0.25) is 17.2 Å². The summed E-state index contributed by atoms with van der Waals surface area (Å²) in [6.45, 7) is 0.590. The molecule has 1 heterocycles. The molecular weight excluding hydrogens is 297 g/mol. The topological polar surface area (TPSA) is 45.2 Å². The highest BCUT2D eigenvalue weighted by molar-refractivity contribution is 6.31. The van der Waals surface area contributed by atoms with Crippen LogP contribution in [0.4, 0.5) is 11.9 Å². The standard InChI is InChI=1S/C13H15Cl2N5/c1-19(2)12-16-11(15)17-13(18-12)20(3)8-9-6-4-5-7-10(9)14/h4-7H,8H2,1-3H3. The van der Waals surface area contributed by atoms with Gasteiger partial charge in [-0.2, -0.15) is 15.0 Å². The number of anilines is 2. The minimum absolute atomic E-state index is 0.171. The molecule has 2 rings (SSSR count). The molecule has 0 saturated carbocycles. The second kappa shape index (κ2) is 6.24. The predicted molar refractivity (Wildman–Crippen MR) is 82.7 cm³/mol. The Morgan fingerprint density at radius 1 is 0.950 bits per heavy atom. The third-order valence-electron chi connectivity index (χ3n) is 2.69. The largest absolute Gasteiger partial charge is 0.347 e. The third-order valence-corrected chi connectivity index (χ3v) is 3.23. The van der Waals surface area contributed by atoms with Gasteiger partial charge in [0.15, 0.2) is 0 Å². The van der Waals surface area contributed by atoms with Crippen molar-refractivity contribution in [1.82, 2.24) is 15.0 Å². The number of hydrogen-bond donors (Lipinski definition) is 0. The molecule has 1 aromatic heterocycles. The summed E-state index contributed by atoms with van der Waals surface area (Å²) in [6, 6.07) is 7.67. The molecule has 0 fully saturated rings. The Kier molecular flexibility index (Phi) is 4.62. The molecular formula is C13H15Cl2N5. The van der Waals surface area contributed by atoms with E-state index in [1.807, 2.05) is 50.3 Å². The van der Waals surface area contributed by atoms with Crippen molar-refractivity contribution in [3.8, 4) is 0 Å². The molecule has 0 radical (unpaired) electrons. The van der Waals surface area contributed by atoms with Crippen molar-refractivity contribution in [3.05, 3.63) is 40.1 Å². The Morgan fingerprint density at radius 2 is 1.60 bits per heavy atom. The van der Waals surface area contributed by atoms with Crippen molar-refractivity contribution in [1.29, 1.82) is 0 Å². The molecule has 0 amide bonds. The van der Waals surface area contributed by atoms with E-state index in [-0.39, 0.29) is 5.28 Å².